The average Bonchev–Trinajstić information content (AvgIpc) is 3.44. The molecule has 1 aliphatic carbocycles. The summed E-state index contributed by atoms with van der Waals surface area (Å²) in [5, 5.41) is 18.3. The maximum absolute atomic E-state index is 12.2. The van der Waals surface area contributed by atoms with Crippen LogP contribution in [0.5, 0.6) is 0 Å². The second-order valence-corrected chi connectivity index (χ2v) is 7.20. The molecule has 3 rings (SSSR count). The highest BCUT2D eigenvalue weighted by molar-refractivity contribution is 5.93. The molecule has 2 unspecified atom stereocenters. The van der Waals surface area contributed by atoms with Crippen LogP contribution in [0.4, 0.5) is 5.69 Å². The Labute approximate surface area is 148 Å². The topological polar surface area (TPSA) is 94.0 Å². The summed E-state index contributed by atoms with van der Waals surface area (Å²) in [6.45, 7) is 3.96. The standard InChI is InChI=1S/C19H24N4O2/c1-12(13-3-7-16-14(9-13)4-8-17(24)22-16)21-10-18(25)23-19(2,11-20)15-5-6-15/h3,7,9,12,15,21H,4-6,8,10H2,1-2H3,(H,22,24)(H,23,25). The first-order valence-electron chi connectivity index (χ1n) is 8.79. The predicted molar refractivity (Wildman–Crippen MR) is 94.7 cm³/mol. The smallest absolute Gasteiger partial charge is 0.235 e. The van der Waals surface area contributed by atoms with Gasteiger partial charge >= 0.3 is 0 Å². The monoisotopic (exact) mass is 340 g/mol. The lowest BCUT2D eigenvalue weighted by Gasteiger charge is -2.24. The van der Waals surface area contributed by atoms with Gasteiger partial charge in [-0.05, 0) is 56.2 Å². The lowest BCUT2D eigenvalue weighted by Crippen LogP contribution is -2.49. The third-order valence-corrected chi connectivity index (χ3v) is 5.12. The third kappa shape index (κ3) is 3.99. The van der Waals surface area contributed by atoms with E-state index in [4.69, 9.17) is 0 Å². The molecule has 1 heterocycles. The molecule has 0 saturated heterocycles. The molecular weight excluding hydrogens is 316 g/mol. The van der Waals surface area contributed by atoms with Crippen LogP contribution in [0, 0.1) is 17.2 Å². The number of aryl methyl sites for hydroxylation is 1. The highest BCUT2D eigenvalue weighted by Gasteiger charge is 2.42. The van der Waals surface area contributed by atoms with Crippen molar-refractivity contribution in [2.75, 3.05) is 11.9 Å². The van der Waals surface area contributed by atoms with Gasteiger partial charge in [0.15, 0.2) is 0 Å². The number of carbonyl (C=O) groups excluding carboxylic acids is 2. The first-order chi connectivity index (χ1) is 11.9. The second-order valence-electron chi connectivity index (χ2n) is 7.20. The van der Waals surface area contributed by atoms with Crippen LogP contribution in [0.25, 0.3) is 0 Å². The van der Waals surface area contributed by atoms with Crippen LogP contribution in [0.1, 0.15) is 50.3 Å². The van der Waals surface area contributed by atoms with E-state index in [1.165, 1.54) is 0 Å². The molecule has 1 aliphatic heterocycles. The van der Waals surface area contributed by atoms with Crippen molar-refractivity contribution >= 4 is 17.5 Å². The number of carbonyl (C=O) groups is 2. The van der Waals surface area contributed by atoms with Crippen LogP contribution in [0.15, 0.2) is 18.2 Å². The van der Waals surface area contributed by atoms with Crippen molar-refractivity contribution in [2.24, 2.45) is 5.92 Å². The van der Waals surface area contributed by atoms with E-state index in [1.807, 2.05) is 19.1 Å². The molecule has 0 aromatic heterocycles. The summed E-state index contributed by atoms with van der Waals surface area (Å²) in [6.07, 6.45) is 3.25. The Balaban J connectivity index is 1.56. The fraction of sp³-hybridized carbons (Fsp3) is 0.526. The number of fused-ring (bicyclic) bond motifs is 1. The van der Waals surface area contributed by atoms with E-state index in [9.17, 15) is 14.9 Å². The summed E-state index contributed by atoms with van der Waals surface area (Å²) in [5.41, 5.74) is 2.32. The summed E-state index contributed by atoms with van der Waals surface area (Å²) in [5.74, 6) is 0.169. The molecule has 0 spiro atoms. The van der Waals surface area contributed by atoms with Crippen molar-refractivity contribution in [1.29, 1.82) is 5.26 Å². The van der Waals surface area contributed by atoms with Gasteiger partial charge in [-0.15, -0.1) is 0 Å². The Kier molecular flexibility index (Phi) is 4.78. The Morgan fingerprint density at radius 2 is 2.20 bits per heavy atom. The Bertz CT molecular complexity index is 735. The number of benzene rings is 1. The van der Waals surface area contributed by atoms with E-state index in [1.54, 1.807) is 6.92 Å². The molecule has 6 nitrogen and oxygen atoms in total. The van der Waals surface area contributed by atoms with E-state index in [0.29, 0.717) is 6.42 Å². The molecule has 0 bridgehead atoms. The van der Waals surface area contributed by atoms with E-state index in [-0.39, 0.29) is 30.3 Å². The highest BCUT2D eigenvalue weighted by atomic mass is 16.2. The minimum Gasteiger partial charge on any atom is -0.337 e. The molecule has 1 fully saturated rings. The van der Waals surface area contributed by atoms with Crippen molar-refractivity contribution in [3.63, 3.8) is 0 Å². The first-order valence-corrected chi connectivity index (χ1v) is 8.79. The quantitative estimate of drug-likeness (QED) is 0.738. The molecule has 0 radical (unpaired) electrons. The number of anilines is 1. The van der Waals surface area contributed by atoms with Crippen molar-refractivity contribution in [3.05, 3.63) is 29.3 Å². The third-order valence-electron chi connectivity index (χ3n) is 5.12. The zero-order valence-electron chi connectivity index (χ0n) is 14.7. The Morgan fingerprint density at radius 1 is 1.44 bits per heavy atom. The molecule has 25 heavy (non-hydrogen) atoms. The fourth-order valence-electron chi connectivity index (χ4n) is 3.25. The summed E-state index contributed by atoms with van der Waals surface area (Å²) in [7, 11) is 0. The maximum Gasteiger partial charge on any atom is 0.235 e. The van der Waals surface area contributed by atoms with Gasteiger partial charge in [0.05, 0.1) is 12.6 Å². The normalized spacial score (nSPS) is 19.8. The number of nitriles is 1. The number of amides is 2. The number of hydrogen-bond acceptors (Lipinski definition) is 4. The molecule has 6 heteroatoms. The summed E-state index contributed by atoms with van der Waals surface area (Å²) < 4.78 is 0. The fourth-order valence-corrected chi connectivity index (χ4v) is 3.25. The van der Waals surface area contributed by atoms with Gasteiger partial charge in [-0.3, -0.25) is 9.59 Å². The molecular formula is C19H24N4O2. The van der Waals surface area contributed by atoms with E-state index < -0.39 is 5.54 Å². The molecule has 2 aliphatic rings. The summed E-state index contributed by atoms with van der Waals surface area (Å²) in [6, 6.07) is 8.19. The van der Waals surface area contributed by atoms with Gasteiger partial charge in [-0.1, -0.05) is 12.1 Å². The van der Waals surface area contributed by atoms with Gasteiger partial charge in [0, 0.05) is 18.2 Å². The summed E-state index contributed by atoms with van der Waals surface area (Å²) >= 11 is 0. The Hall–Kier alpha value is -2.39. The van der Waals surface area contributed by atoms with Gasteiger partial charge in [0.25, 0.3) is 0 Å². The molecule has 132 valence electrons. The van der Waals surface area contributed by atoms with Crippen molar-refractivity contribution in [3.8, 4) is 6.07 Å². The molecule has 1 saturated carbocycles. The van der Waals surface area contributed by atoms with Crippen LogP contribution in [0.2, 0.25) is 0 Å². The van der Waals surface area contributed by atoms with Gasteiger partial charge in [0.2, 0.25) is 11.8 Å². The highest BCUT2D eigenvalue weighted by Crippen LogP contribution is 2.39. The number of hydrogen-bond donors (Lipinski definition) is 3. The number of rotatable bonds is 6. The minimum atomic E-state index is -0.758. The molecule has 1 aromatic carbocycles. The van der Waals surface area contributed by atoms with Crippen molar-refractivity contribution in [1.82, 2.24) is 10.6 Å². The SMILES string of the molecule is CC(NCC(=O)NC(C)(C#N)C1CC1)c1ccc2c(c1)CCC(=O)N2. The van der Waals surface area contributed by atoms with Crippen LogP contribution >= 0.6 is 0 Å². The maximum atomic E-state index is 12.2. The lowest BCUT2D eigenvalue weighted by atomic mass is 9.97. The molecule has 1 aromatic rings. The van der Waals surface area contributed by atoms with E-state index in [0.717, 1.165) is 36.1 Å². The van der Waals surface area contributed by atoms with Gasteiger partial charge in [-0.25, -0.2) is 0 Å². The van der Waals surface area contributed by atoms with Crippen molar-refractivity contribution in [2.45, 2.75) is 51.1 Å². The first kappa shape index (κ1) is 17.4. The predicted octanol–water partition coefficient (Wildman–Crippen LogP) is 2.03. The molecule has 2 amide bonds. The van der Waals surface area contributed by atoms with Crippen LogP contribution < -0.4 is 16.0 Å². The van der Waals surface area contributed by atoms with E-state index in [2.05, 4.69) is 28.1 Å². The number of nitrogens with one attached hydrogen (secondary N) is 3. The largest absolute Gasteiger partial charge is 0.337 e. The number of nitrogens with zero attached hydrogens (tertiary/aromatic N) is 1. The zero-order chi connectivity index (χ0) is 18.0. The van der Waals surface area contributed by atoms with Gasteiger partial charge < -0.3 is 16.0 Å². The van der Waals surface area contributed by atoms with Gasteiger partial charge in [-0.2, -0.15) is 5.26 Å². The van der Waals surface area contributed by atoms with Crippen LogP contribution in [-0.4, -0.2) is 23.9 Å². The average molecular weight is 340 g/mol. The summed E-state index contributed by atoms with van der Waals surface area (Å²) in [4.78, 5) is 23.6. The zero-order valence-corrected chi connectivity index (χ0v) is 14.7. The molecule has 2 atom stereocenters. The Morgan fingerprint density at radius 3 is 2.88 bits per heavy atom. The van der Waals surface area contributed by atoms with Crippen molar-refractivity contribution < 1.29 is 9.59 Å². The lowest BCUT2D eigenvalue weighted by molar-refractivity contribution is -0.121. The second kappa shape index (κ2) is 6.85. The van der Waals surface area contributed by atoms with Gasteiger partial charge in [0.1, 0.15) is 5.54 Å². The minimum absolute atomic E-state index is 0.00273. The van der Waals surface area contributed by atoms with E-state index >= 15 is 0 Å². The molecule has 3 N–H and O–H groups in total. The van der Waals surface area contributed by atoms with Crippen LogP contribution in [0.3, 0.4) is 0 Å². The van der Waals surface area contributed by atoms with Crippen LogP contribution in [-0.2, 0) is 16.0 Å².